The van der Waals surface area contributed by atoms with Gasteiger partial charge in [-0.15, -0.1) is 0 Å². The first-order valence-corrected chi connectivity index (χ1v) is 13.3. The lowest BCUT2D eigenvalue weighted by atomic mass is 9.89. The molecule has 0 radical (unpaired) electrons. The Labute approximate surface area is 199 Å². The van der Waals surface area contributed by atoms with Gasteiger partial charge < -0.3 is 13.7 Å². The highest BCUT2D eigenvalue weighted by Crippen LogP contribution is 2.37. The first kappa shape index (κ1) is 23.2. The maximum absolute atomic E-state index is 6.93. The molecule has 1 aliphatic rings. The van der Waals surface area contributed by atoms with E-state index in [2.05, 4.69) is 94.4 Å². The highest BCUT2D eigenvalue weighted by atomic mass is 28.4. The summed E-state index contributed by atoms with van der Waals surface area (Å²) in [5.41, 5.74) is 1.11. The number of benzene rings is 3. The van der Waals surface area contributed by atoms with Gasteiger partial charge in [0.1, 0.15) is 11.5 Å². The molecule has 0 unspecified atom stereocenters. The van der Waals surface area contributed by atoms with E-state index in [1.807, 2.05) is 36.3 Å². The van der Waals surface area contributed by atoms with Crippen molar-refractivity contribution >= 4 is 25.8 Å². The van der Waals surface area contributed by atoms with Gasteiger partial charge in [0.25, 0.3) is 8.32 Å². The van der Waals surface area contributed by atoms with Crippen molar-refractivity contribution in [2.24, 2.45) is 0 Å². The van der Waals surface area contributed by atoms with Gasteiger partial charge in [-0.05, 0) is 40.4 Å². The monoisotopic (exact) mass is 454 g/mol. The minimum Gasteiger partial charge on any atom is -0.520 e. The molecule has 0 fully saturated rings. The van der Waals surface area contributed by atoms with Crippen molar-refractivity contribution in [1.82, 2.24) is 0 Å². The largest absolute Gasteiger partial charge is 0.625 e. The predicted octanol–water partition coefficient (Wildman–Crippen LogP) is 5.56. The van der Waals surface area contributed by atoms with Crippen LogP contribution < -0.4 is 19.7 Å². The van der Waals surface area contributed by atoms with Gasteiger partial charge in [0.05, 0.1) is 6.61 Å². The van der Waals surface area contributed by atoms with Gasteiger partial charge in [-0.2, -0.15) is 0 Å². The summed E-state index contributed by atoms with van der Waals surface area (Å²) < 4.78 is 18.6. The van der Waals surface area contributed by atoms with E-state index in [-0.39, 0.29) is 5.04 Å². The number of hydrogen-bond donors (Lipinski definition) is 0. The van der Waals surface area contributed by atoms with Crippen molar-refractivity contribution in [2.45, 2.75) is 32.7 Å². The van der Waals surface area contributed by atoms with Gasteiger partial charge in [-0.25, -0.2) is 0 Å². The summed E-state index contributed by atoms with van der Waals surface area (Å²) in [4.78, 5) is 0. The fourth-order valence-electron chi connectivity index (χ4n) is 4.36. The molecule has 5 heteroatoms. The van der Waals surface area contributed by atoms with E-state index < -0.39 is 15.4 Å². The standard InChI is InChI=1S/C28H31BO3Si/c1-23(19-21-29-31-26-17-11-12-18-27(26)32-29)20-22-30-33(28(2,3)4,24-13-7-5-8-14-24)25-15-9-6-10-16-25/h5-21H,22H2,1-4H3/b21-19+,23-20+. The third-order valence-corrected chi connectivity index (χ3v) is 11.0. The Morgan fingerprint density at radius 1 is 0.818 bits per heavy atom. The zero-order chi connectivity index (χ0) is 23.3. The van der Waals surface area contributed by atoms with Gasteiger partial charge in [-0.3, -0.25) is 0 Å². The van der Waals surface area contributed by atoms with Crippen molar-refractivity contribution in [3.63, 3.8) is 0 Å². The quantitative estimate of drug-likeness (QED) is 0.345. The molecule has 0 amide bonds. The second-order valence-corrected chi connectivity index (χ2v) is 13.6. The first-order valence-electron chi connectivity index (χ1n) is 11.4. The van der Waals surface area contributed by atoms with Crippen LogP contribution in [0.1, 0.15) is 27.7 Å². The Hall–Kier alpha value is -3.02. The summed E-state index contributed by atoms with van der Waals surface area (Å²) >= 11 is 0. The lowest BCUT2D eigenvalue weighted by molar-refractivity contribution is 0.339. The maximum atomic E-state index is 6.93. The average Bonchev–Trinajstić information content (AvgIpc) is 3.24. The Kier molecular flexibility index (Phi) is 6.91. The number of para-hydroxylation sites is 2. The van der Waals surface area contributed by atoms with Crippen LogP contribution in [0.3, 0.4) is 0 Å². The van der Waals surface area contributed by atoms with Crippen molar-refractivity contribution in [3.8, 4) is 11.5 Å². The van der Waals surface area contributed by atoms with Crippen molar-refractivity contribution in [2.75, 3.05) is 6.61 Å². The Morgan fingerprint density at radius 3 is 1.79 bits per heavy atom. The molecule has 0 spiro atoms. The summed E-state index contributed by atoms with van der Waals surface area (Å²) in [5.74, 6) is 3.50. The van der Waals surface area contributed by atoms with Crippen LogP contribution in [0.25, 0.3) is 0 Å². The molecule has 0 saturated heterocycles. The van der Waals surface area contributed by atoms with Crippen LogP contribution in [0.4, 0.5) is 0 Å². The average molecular weight is 454 g/mol. The Balaban J connectivity index is 1.53. The molecule has 0 aromatic heterocycles. The smallest absolute Gasteiger partial charge is 0.520 e. The van der Waals surface area contributed by atoms with Crippen LogP contribution in [0, 0.1) is 0 Å². The fourth-order valence-corrected chi connectivity index (χ4v) is 8.84. The van der Waals surface area contributed by atoms with Crippen molar-refractivity contribution in [3.05, 3.63) is 109 Å². The van der Waals surface area contributed by atoms with E-state index in [1.165, 1.54) is 10.4 Å². The Bertz CT molecular complexity index is 1060. The second-order valence-electron chi connectivity index (χ2n) is 9.33. The predicted molar refractivity (Wildman–Crippen MR) is 140 cm³/mol. The van der Waals surface area contributed by atoms with Crippen LogP contribution >= 0.6 is 0 Å². The normalized spacial score (nSPS) is 14.2. The molecule has 1 heterocycles. The lowest BCUT2D eigenvalue weighted by Gasteiger charge is -2.42. The molecular weight excluding hydrogens is 423 g/mol. The van der Waals surface area contributed by atoms with E-state index in [9.17, 15) is 0 Å². The summed E-state index contributed by atoms with van der Waals surface area (Å²) in [5, 5.41) is 2.54. The van der Waals surface area contributed by atoms with Gasteiger partial charge in [0.2, 0.25) is 0 Å². The Morgan fingerprint density at radius 2 is 1.30 bits per heavy atom. The highest BCUT2D eigenvalue weighted by Gasteiger charge is 2.49. The minimum atomic E-state index is -2.53. The van der Waals surface area contributed by atoms with Crippen LogP contribution in [-0.4, -0.2) is 22.0 Å². The van der Waals surface area contributed by atoms with Crippen LogP contribution in [0.5, 0.6) is 11.5 Å². The molecule has 0 aliphatic carbocycles. The van der Waals surface area contributed by atoms with Crippen molar-refractivity contribution < 1.29 is 13.7 Å². The molecule has 3 aromatic rings. The molecule has 4 rings (SSSR count). The second kappa shape index (κ2) is 9.86. The van der Waals surface area contributed by atoms with E-state index in [1.54, 1.807) is 0 Å². The number of fused-ring (bicyclic) bond motifs is 1. The van der Waals surface area contributed by atoms with Gasteiger partial charge in [-0.1, -0.05) is 111 Å². The summed E-state index contributed by atoms with van der Waals surface area (Å²) in [6, 6.07) is 29.2. The summed E-state index contributed by atoms with van der Waals surface area (Å²) in [6.45, 7) is 9.50. The number of hydrogen-bond acceptors (Lipinski definition) is 3. The first-order chi connectivity index (χ1) is 15.9. The molecule has 0 saturated carbocycles. The molecule has 1 aliphatic heterocycles. The van der Waals surface area contributed by atoms with Gasteiger partial charge >= 0.3 is 7.12 Å². The zero-order valence-electron chi connectivity index (χ0n) is 19.8. The highest BCUT2D eigenvalue weighted by molar-refractivity contribution is 6.99. The minimum absolute atomic E-state index is 0.0371. The SMILES string of the molecule is CC(/C=C/B1Oc2ccccc2O1)=C\CO[Si](c1ccccc1)(c1ccccc1)C(C)(C)C. The topological polar surface area (TPSA) is 27.7 Å². The van der Waals surface area contributed by atoms with Gasteiger partial charge in [0, 0.05) is 0 Å². The molecule has 3 aromatic carbocycles. The molecule has 3 nitrogen and oxygen atoms in total. The third-order valence-electron chi connectivity index (χ3n) is 5.97. The van der Waals surface area contributed by atoms with Crippen LogP contribution in [-0.2, 0) is 4.43 Å². The fraction of sp³-hybridized carbons (Fsp3) is 0.214. The van der Waals surface area contributed by atoms with E-state index >= 15 is 0 Å². The molecule has 0 bridgehead atoms. The third kappa shape index (κ3) is 5.00. The van der Waals surface area contributed by atoms with E-state index in [0.29, 0.717) is 6.61 Å². The molecule has 0 atom stereocenters. The van der Waals surface area contributed by atoms with Crippen molar-refractivity contribution in [1.29, 1.82) is 0 Å². The zero-order valence-corrected chi connectivity index (χ0v) is 20.8. The lowest BCUT2D eigenvalue weighted by Crippen LogP contribution is -2.66. The maximum Gasteiger partial charge on any atom is 0.625 e. The molecular formula is C28H31BO3Si. The molecule has 0 N–H and O–H groups in total. The molecule has 33 heavy (non-hydrogen) atoms. The van der Waals surface area contributed by atoms with Crippen LogP contribution in [0.2, 0.25) is 5.04 Å². The number of rotatable bonds is 7. The molecule has 168 valence electrons. The van der Waals surface area contributed by atoms with Gasteiger partial charge in [0.15, 0.2) is 0 Å². The number of allylic oxidation sites excluding steroid dienone is 2. The summed E-state index contributed by atoms with van der Waals surface area (Å²) in [7, 11) is -2.93. The van der Waals surface area contributed by atoms with E-state index in [0.717, 1.165) is 17.1 Å². The summed E-state index contributed by atoms with van der Waals surface area (Å²) in [6.07, 6.45) is 4.17. The van der Waals surface area contributed by atoms with E-state index in [4.69, 9.17) is 13.7 Å². The van der Waals surface area contributed by atoms with Crippen LogP contribution in [0.15, 0.2) is 109 Å².